The highest BCUT2D eigenvalue weighted by Gasteiger charge is 2.45. The second-order valence-electron chi connectivity index (χ2n) is 9.79. The number of aliphatic hydroxyl groups excluding tert-OH is 1. The molecule has 8 nitrogen and oxygen atoms in total. The van der Waals surface area contributed by atoms with E-state index in [2.05, 4.69) is 16.0 Å². The Hall–Kier alpha value is -3.23. The summed E-state index contributed by atoms with van der Waals surface area (Å²) in [5.41, 5.74) is 1.90. The second-order valence-corrected chi connectivity index (χ2v) is 9.79. The Morgan fingerprint density at radius 1 is 0.944 bits per heavy atom. The first kappa shape index (κ1) is 25.9. The van der Waals surface area contributed by atoms with Gasteiger partial charge in [0.25, 0.3) is 0 Å². The summed E-state index contributed by atoms with van der Waals surface area (Å²) in [6.45, 7) is 1.72. The third kappa shape index (κ3) is 5.77. The molecule has 5 atom stereocenters. The summed E-state index contributed by atoms with van der Waals surface area (Å²) < 4.78 is 0. The van der Waals surface area contributed by atoms with Gasteiger partial charge in [-0.3, -0.25) is 14.4 Å². The van der Waals surface area contributed by atoms with Crippen LogP contribution in [-0.2, 0) is 14.4 Å². The zero-order valence-electron chi connectivity index (χ0n) is 20.9. The van der Waals surface area contributed by atoms with E-state index in [1.54, 1.807) is 18.9 Å². The molecule has 36 heavy (non-hydrogen) atoms. The summed E-state index contributed by atoms with van der Waals surface area (Å²) in [4.78, 5) is 41.6. The standard InChI is InChI=1S/C28H36N4O4/c1-18(29-2)26(34)30-23-15-14-22(33)17-21-13-16-24(32(21)28(23)36)27(35)31-25(19-9-5-3-6-10-19)20-11-7-4-8-12-20/h3-12,18,21-25,29,33H,13-17H2,1-2H3,(H,30,34)(H,31,35)/t18-,21+,22+,23-,24-/m0/s1. The Labute approximate surface area is 212 Å². The predicted molar refractivity (Wildman–Crippen MR) is 137 cm³/mol. The fourth-order valence-corrected chi connectivity index (χ4v) is 5.25. The molecular formula is C28H36N4O4. The van der Waals surface area contributed by atoms with Gasteiger partial charge in [-0.25, -0.2) is 0 Å². The Balaban J connectivity index is 1.58. The number of nitrogens with zero attached hydrogens (tertiary/aromatic N) is 1. The maximum absolute atomic E-state index is 13.7. The lowest BCUT2D eigenvalue weighted by Gasteiger charge is -2.37. The van der Waals surface area contributed by atoms with Crippen molar-refractivity contribution in [2.24, 2.45) is 0 Å². The van der Waals surface area contributed by atoms with Crippen LogP contribution in [0.2, 0.25) is 0 Å². The molecule has 2 aromatic carbocycles. The first-order chi connectivity index (χ1) is 17.4. The summed E-state index contributed by atoms with van der Waals surface area (Å²) in [5, 5.41) is 19.5. The number of hydrogen-bond donors (Lipinski definition) is 4. The number of nitrogens with one attached hydrogen (secondary N) is 3. The lowest BCUT2D eigenvalue weighted by Crippen LogP contribution is -2.58. The van der Waals surface area contributed by atoms with E-state index in [4.69, 9.17) is 0 Å². The minimum atomic E-state index is -0.779. The van der Waals surface area contributed by atoms with Gasteiger partial charge in [0.2, 0.25) is 17.7 Å². The first-order valence-electron chi connectivity index (χ1n) is 12.8. The van der Waals surface area contributed by atoms with Crippen molar-refractivity contribution < 1.29 is 19.5 Å². The van der Waals surface area contributed by atoms with Gasteiger partial charge < -0.3 is 26.0 Å². The predicted octanol–water partition coefficient (Wildman–Crippen LogP) is 1.89. The molecule has 2 fully saturated rings. The van der Waals surface area contributed by atoms with Gasteiger partial charge in [-0.2, -0.15) is 0 Å². The molecule has 0 spiro atoms. The monoisotopic (exact) mass is 492 g/mol. The molecule has 8 heteroatoms. The molecule has 2 aliphatic rings. The summed E-state index contributed by atoms with van der Waals surface area (Å²) in [6.07, 6.45) is 1.75. The van der Waals surface area contributed by atoms with Crippen molar-refractivity contribution in [2.45, 2.75) is 75.3 Å². The molecular weight excluding hydrogens is 456 g/mol. The average Bonchev–Trinajstić information content (AvgIpc) is 3.31. The number of carbonyl (C=O) groups excluding carboxylic acids is 3. The van der Waals surface area contributed by atoms with Gasteiger partial charge >= 0.3 is 0 Å². The largest absolute Gasteiger partial charge is 0.393 e. The zero-order chi connectivity index (χ0) is 25.7. The van der Waals surface area contributed by atoms with E-state index >= 15 is 0 Å². The number of carbonyl (C=O) groups is 3. The van der Waals surface area contributed by atoms with Crippen LogP contribution < -0.4 is 16.0 Å². The molecule has 0 bridgehead atoms. The topological polar surface area (TPSA) is 111 Å². The number of likely N-dealkylation sites (N-methyl/N-ethyl adjacent to an activating group) is 1. The summed E-state index contributed by atoms with van der Waals surface area (Å²) in [5.74, 6) is -0.764. The molecule has 4 rings (SSSR count). The SMILES string of the molecule is CN[C@@H](C)C(=O)N[C@H]1CC[C@@H](O)C[C@H]2CC[C@@H](C(=O)NC(c3ccccc3)c3ccccc3)N2C1=O. The van der Waals surface area contributed by atoms with Crippen LogP contribution in [0.1, 0.15) is 56.2 Å². The van der Waals surface area contributed by atoms with Crippen molar-refractivity contribution in [3.05, 3.63) is 71.8 Å². The van der Waals surface area contributed by atoms with Crippen LogP contribution in [0.15, 0.2) is 60.7 Å². The summed E-state index contributed by atoms with van der Waals surface area (Å²) in [7, 11) is 1.68. The van der Waals surface area contributed by atoms with Crippen LogP contribution in [-0.4, -0.2) is 65.0 Å². The Morgan fingerprint density at radius 2 is 1.56 bits per heavy atom. The molecule has 2 saturated heterocycles. The lowest BCUT2D eigenvalue weighted by molar-refractivity contribution is -0.145. The quantitative estimate of drug-likeness (QED) is 0.472. The number of rotatable bonds is 7. The fraction of sp³-hybridized carbons (Fsp3) is 0.464. The zero-order valence-corrected chi connectivity index (χ0v) is 20.9. The minimum Gasteiger partial charge on any atom is -0.393 e. The van der Waals surface area contributed by atoms with E-state index in [1.807, 2.05) is 60.7 Å². The van der Waals surface area contributed by atoms with Gasteiger partial charge in [-0.1, -0.05) is 60.7 Å². The van der Waals surface area contributed by atoms with E-state index in [-0.39, 0.29) is 29.8 Å². The molecule has 3 amide bonds. The average molecular weight is 493 g/mol. The number of amides is 3. The Morgan fingerprint density at radius 3 is 2.14 bits per heavy atom. The molecule has 0 aliphatic carbocycles. The smallest absolute Gasteiger partial charge is 0.246 e. The number of benzene rings is 2. The molecule has 0 aromatic heterocycles. The molecule has 0 unspecified atom stereocenters. The maximum Gasteiger partial charge on any atom is 0.246 e. The number of hydrogen-bond acceptors (Lipinski definition) is 5. The van der Waals surface area contributed by atoms with Gasteiger partial charge in [0.1, 0.15) is 12.1 Å². The second kappa shape index (κ2) is 11.7. The molecule has 2 aliphatic heterocycles. The molecule has 192 valence electrons. The van der Waals surface area contributed by atoms with Crippen molar-refractivity contribution >= 4 is 17.7 Å². The fourth-order valence-electron chi connectivity index (χ4n) is 5.25. The van der Waals surface area contributed by atoms with Crippen LogP contribution in [0.5, 0.6) is 0 Å². The van der Waals surface area contributed by atoms with Crippen molar-refractivity contribution in [1.29, 1.82) is 0 Å². The van der Waals surface area contributed by atoms with E-state index in [0.29, 0.717) is 32.1 Å². The van der Waals surface area contributed by atoms with Gasteiger partial charge in [0.15, 0.2) is 0 Å². The van der Waals surface area contributed by atoms with Crippen molar-refractivity contribution in [3.63, 3.8) is 0 Å². The van der Waals surface area contributed by atoms with E-state index in [1.165, 1.54) is 0 Å². The summed E-state index contributed by atoms with van der Waals surface area (Å²) >= 11 is 0. The highest BCUT2D eigenvalue weighted by atomic mass is 16.3. The molecule has 2 aromatic rings. The number of aliphatic hydroxyl groups is 1. The van der Waals surface area contributed by atoms with Crippen LogP contribution in [0, 0.1) is 0 Å². The molecule has 2 heterocycles. The molecule has 4 N–H and O–H groups in total. The lowest BCUT2D eigenvalue weighted by atomic mass is 9.96. The van der Waals surface area contributed by atoms with Crippen LogP contribution in [0.3, 0.4) is 0 Å². The first-order valence-corrected chi connectivity index (χ1v) is 12.8. The van der Waals surface area contributed by atoms with Gasteiger partial charge in [-0.15, -0.1) is 0 Å². The highest BCUT2D eigenvalue weighted by Crippen LogP contribution is 2.32. The minimum absolute atomic E-state index is 0.229. The van der Waals surface area contributed by atoms with Gasteiger partial charge in [0.05, 0.1) is 18.2 Å². The van der Waals surface area contributed by atoms with Crippen molar-refractivity contribution in [2.75, 3.05) is 7.05 Å². The Bertz CT molecular complexity index is 1010. The third-order valence-electron chi connectivity index (χ3n) is 7.39. The normalized spacial score (nSPS) is 25.0. The number of fused-ring (bicyclic) bond motifs is 1. The van der Waals surface area contributed by atoms with Crippen LogP contribution in [0.25, 0.3) is 0 Å². The maximum atomic E-state index is 13.7. The van der Waals surface area contributed by atoms with Crippen molar-refractivity contribution in [1.82, 2.24) is 20.9 Å². The van der Waals surface area contributed by atoms with Crippen LogP contribution >= 0.6 is 0 Å². The Kier molecular flexibility index (Phi) is 8.38. The van der Waals surface area contributed by atoms with E-state index in [9.17, 15) is 19.5 Å². The molecule has 0 radical (unpaired) electrons. The highest BCUT2D eigenvalue weighted by molar-refractivity contribution is 5.94. The van der Waals surface area contributed by atoms with E-state index in [0.717, 1.165) is 11.1 Å². The third-order valence-corrected chi connectivity index (χ3v) is 7.39. The van der Waals surface area contributed by atoms with E-state index < -0.39 is 24.2 Å². The van der Waals surface area contributed by atoms with Crippen LogP contribution in [0.4, 0.5) is 0 Å². The van der Waals surface area contributed by atoms with Gasteiger partial charge in [-0.05, 0) is 57.2 Å². The summed E-state index contributed by atoms with van der Waals surface area (Å²) in [6, 6.07) is 17.0. The van der Waals surface area contributed by atoms with Gasteiger partial charge in [0, 0.05) is 6.04 Å². The molecule has 0 saturated carbocycles. The van der Waals surface area contributed by atoms with Crippen molar-refractivity contribution in [3.8, 4) is 0 Å².